The number of amides is 2. The van der Waals surface area contributed by atoms with Gasteiger partial charge in [-0.2, -0.15) is 0 Å². The highest BCUT2D eigenvalue weighted by atomic mass is 35.5. The van der Waals surface area contributed by atoms with E-state index in [2.05, 4.69) is 0 Å². The summed E-state index contributed by atoms with van der Waals surface area (Å²) in [6.07, 6.45) is 0. The number of carbonyl (C=O) groups is 2. The summed E-state index contributed by atoms with van der Waals surface area (Å²) in [5.74, 6) is -0.402. The number of nitrogens with zero attached hydrogens (tertiary/aromatic N) is 2. The minimum atomic E-state index is -0.467. The lowest BCUT2D eigenvalue weighted by atomic mass is 10.0. The Hall–Kier alpha value is -2.54. The summed E-state index contributed by atoms with van der Waals surface area (Å²) in [4.78, 5) is 30.0. The van der Waals surface area contributed by atoms with Crippen LogP contribution in [-0.2, 0) is 14.3 Å². The molecule has 0 atom stereocenters. The second-order valence-electron chi connectivity index (χ2n) is 6.56. The SMILES string of the molecule is COc1ccccc1C1=C(N2CCOCC2)C(=O)N(c2cc(Cl)ccc2Cl)C1=O. The average molecular weight is 433 g/mol. The summed E-state index contributed by atoms with van der Waals surface area (Å²) in [6.45, 7) is 1.96. The minimum absolute atomic E-state index is 0.254. The highest BCUT2D eigenvalue weighted by Gasteiger charge is 2.44. The van der Waals surface area contributed by atoms with Gasteiger partial charge in [0.2, 0.25) is 0 Å². The second kappa shape index (κ2) is 8.06. The minimum Gasteiger partial charge on any atom is -0.496 e. The van der Waals surface area contributed by atoms with E-state index in [1.807, 2.05) is 11.0 Å². The molecule has 29 heavy (non-hydrogen) atoms. The first kappa shape index (κ1) is 19.8. The number of ether oxygens (including phenoxy) is 2. The van der Waals surface area contributed by atoms with Crippen molar-refractivity contribution in [2.45, 2.75) is 0 Å². The second-order valence-corrected chi connectivity index (χ2v) is 7.41. The molecule has 0 bridgehead atoms. The number of methoxy groups -OCH3 is 1. The molecular formula is C21H18Cl2N2O4. The maximum absolute atomic E-state index is 13.5. The molecule has 2 amide bonds. The van der Waals surface area contributed by atoms with Crippen molar-refractivity contribution in [1.29, 1.82) is 0 Å². The first-order valence-electron chi connectivity index (χ1n) is 9.07. The molecule has 6 nitrogen and oxygen atoms in total. The van der Waals surface area contributed by atoms with Gasteiger partial charge in [0.15, 0.2) is 0 Å². The summed E-state index contributed by atoms with van der Waals surface area (Å²) in [6, 6.07) is 11.8. The normalized spacial score (nSPS) is 17.3. The Balaban J connectivity index is 1.89. The molecule has 4 rings (SSSR count). The van der Waals surface area contributed by atoms with E-state index in [1.54, 1.807) is 30.3 Å². The Morgan fingerprint density at radius 3 is 2.45 bits per heavy atom. The number of carbonyl (C=O) groups excluding carboxylic acids is 2. The molecule has 2 aliphatic heterocycles. The third-order valence-corrected chi connectivity index (χ3v) is 5.47. The molecule has 0 N–H and O–H groups in total. The van der Waals surface area contributed by atoms with Crippen molar-refractivity contribution in [2.24, 2.45) is 0 Å². The first-order chi connectivity index (χ1) is 14.0. The van der Waals surface area contributed by atoms with Crippen LogP contribution in [0, 0.1) is 0 Å². The fraction of sp³-hybridized carbons (Fsp3) is 0.238. The summed E-state index contributed by atoms with van der Waals surface area (Å²) in [5, 5.41) is 0.641. The highest BCUT2D eigenvalue weighted by molar-refractivity contribution is 6.48. The quantitative estimate of drug-likeness (QED) is 0.690. The van der Waals surface area contributed by atoms with Gasteiger partial charge in [-0.25, -0.2) is 4.90 Å². The van der Waals surface area contributed by atoms with E-state index in [1.165, 1.54) is 13.2 Å². The lowest BCUT2D eigenvalue weighted by Crippen LogP contribution is -2.40. The van der Waals surface area contributed by atoms with Crippen LogP contribution < -0.4 is 9.64 Å². The maximum Gasteiger partial charge on any atom is 0.282 e. The van der Waals surface area contributed by atoms with E-state index in [-0.39, 0.29) is 16.3 Å². The monoisotopic (exact) mass is 432 g/mol. The third-order valence-electron chi connectivity index (χ3n) is 4.91. The van der Waals surface area contributed by atoms with Crippen LogP contribution in [0.5, 0.6) is 5.75 Å². The standard InChI is InChI=1S/C21H18Cl2N2O4/c1-28-17-5-3-2-4-14(17)18-19(24-8-10-29-11-9-24)21(27)25(20(18)26)16-12-13(22)6-7-15(16)23/h2-7,12H,8-11H2,1H3. The van der Waals surface area contributed by atoms with E-state index in [4.69, 9.17) is 32.7 Å². The van der Waals surface area contributed by atoms with E-state index >= 15 is 0 Å². The number of imide groups is 1. The van der Waals surface area contributed by atoms with Crippen LogP contribution in [0.25, 0.3) is 5.57 Å². The van der Waals surface area contributed by atoms with Gasteiger partial charge >= 0.3 is 0 Å². The van der Waals surface area contributed by atoms with Gasteiger partial charge in [0.1, 0.15) is 11.4 Å². The van der Waals surface area contributed by atoms with Gasteiger partial charge in [0.05, 0.1) is 36.6 Å². The van der Waals surface area contributed by atoms with Crippen molar-refractivity contribution in [3.63, 3.8) is 0 Å². The number of rotatable bonds is 4. The largest absolute Gasteiger partial charge is 0.496 e. The van der Waals surface area contributed by atoms with Gasteiger partial charge in [-0.05, 0) is 24.3 Å². The van der Waals surface area contributed by atoms with Crippen molar-refractivity contribution in [3.05, 3.63) is 63.8 Å². The summed E-state index contributed by atoms with van der Waals surface area (Å²) in [7, 11) is 1.53. The summed E-state index contributed by atoms with van der Waals surface area (Å²) >= 11 is 12.4. The van der Waals surface area contributed by atoms with Crippen LogP contribution in [0.15, 0.2) is 48.2 Å². The lowest BCUT2D eigenvalue weighted by molar-refractivity contribution is -0.121. The van der Waals surface area contributed by atoms with Gasteiger partial charge < -0.3 is 14.4 Å². The lowest BCUT2D eigenvalue weighted by Gasteiger charge is -2.29. The molecule has 0 unspecified atom stereocenters. The molecular weight excluding hydrogens is 415 g/mol. The van der Waals surface area contributed by atoms with Crippen LogP contribution in [0.3, 0.4) is 0 Å². The van der Waals surface area contributed by atoms with Gasteiger partial charge in [-0.1, -0.05) is 41.4 Å². The van der Waals surface area contributed by atoms with Crippen LogP contribution in [0.2, 0.25) is 10.0 Å². The van der Waals surface area contributed by atoms with E-state index in [9.17, 15) is 9.59 Å². The molecule has 8 heteroatoms. The molecule has 2 aromatic carbocycles. The predicted octanol–water partition coefficient (Wildman–Crippen LogP) is 3.62. The van der Waals surface area contributed by atoms with E-state index < -0.39 is 11.8 Å². The van der Waals surface area contributed by atoms with Crippen molar-refractivity contribution in [3.8, 4) is 5.75 Å². The Morgan fingerprint density at radius 1 is 1.00 bits per heavy atom. The Bertz CT molecular complexity index is 1020. The van der Waals surface area contributed by atoms with Crippen LogP contribution >= 0.6 is 23.2 Å². The molecule has 1 saturated heterocycles. The van der Waals surface area contributed by atoms with Gasteiger partial charge in [0.25, 0.3) is 11.8 Å². The third kappa shape index (κ3) is 3.48. The Labute approximate surface area is 178 Å². The fourth-order valence-electron chi connectivity index (χ4n) is 3.57. The zero-order valence-corrected chi connectivity index (χ0v) is 17.2. The highest BCUT2D eigenvalue weighted by Crippen LogP contribution is 2.40. The smallest absolute Gasteiger partial charge is 0.282 e. The number of hydrogen-bond acceptors (Lipinski definition) is 5. The van der Waals surface area contributed by atoms with Crippen molar-refractivity contribution >= 4 is 46.3 Å². The summed E-state index contributed by atoms with van der Waals surface area (Å²) < 4.78 is 10.9. The molecule has 0 radical (unpaired) electrons. The molecule has 2 aliphatic rings. The predicted molar refractivity (Wildman–Crippen MR) is 111 cm³/mol. The molecule has 2 heterocycles. The zero-order chi connectivity index (χ0) is 20.5. The van der Waals surface area contributed by atoms with Gasteiger partial charge in [-0.3, -0.25) is 9.59 Å². The molecule has 0 aliphatic carbocycles. The van der Waals surface area contributed by atoms with Crippen LogP contribution in [0.1, 0.15) is 5.56 Å². The van der Waals surface area contributed by atoms with Gasteiger partial charge in [-0.15, -0.1) is 0 Å². The van der Waals surface area contributed by atoms with Crippen LogP contribution in [-0.4, -0.2) is 50.1 Å². The molecule has 1 fully saturated rings. The molecule has 0 saturated carbocycles. The van der Waals surface area contributed by atoms with Crippen molar-refractivity contribution in [1.82, 2.24) is 4.90 Å². The van der Waals surface area contributed by atoms with E-state index in [0.717, 1.165) is 4.90 Å². The first-order valence-corrected chi connectivity index (χ1v) is 9.82. The molecule has 2 aromatic rings. The summed E-state index contributed by atoms with van der Waals surface area (Å²) in [5.41, 5.74) is 1.41. The van der Waals surface area contributed by atoms with Crippen molar-refractivity contribution < 1.29 is 19.1 Å². The number of morpholine rings is 1. The van der Waals surface area contributed by atoms with Gasteiger partial charge in [0, 0.05) is 23.7 Å². The molecule has 0 spiro atoms. The molecule has 150 valence electrons. The zero-order valence-electron chi connectivity index (χ0n) is 15.7. The Morgan fingerprint density at radius 2 is 1.72 bits per heavy atom. The number of halogens is 2. The number of benzene rings is 2. The number of hydrogen-bond donors (Lipinski definition) is 0. The van der Waals surface area contributed by atoms with Crippen LogP contribution in [0.4, 0.5) is 5.69 Å². The molecule has 0 aromatic heterocycles. The average Bonchev–Trinajstić information content (AvgIpc) is 3.00. The van der Waals surface area contributed by atoms with E-state index in [0.29, 0.717) is 48.3 Å². The maximum atomic E-state index is 13.5. The number of para-hydroxylation sites is 1. The number of anilines is 1. The van der Waals surface area contributed by atoms with Crippen molar-refractivity contribution in [2.75, 3.05) is 38.3 Å². The Kier molecular flexibility index (Phi) is 5.50. The fourth-order valence-corrected chi connectivity index (χ4v) is 3.94. The topological polar surface area (TPSA) is 59.1 Å².